The summed E-state index contributed by atoms with van der Waals surface area (Å²) >= 11 is 0. The summed E-state index contributed by atoms with van der Waals surface area (Å²) in [6.45, 7) is 0.317. The maximum atomic E-state index is 12.7. The summed E-state index contributed by atoms with van der Waals surface area (Å²) in [7, 11) is 0. The van der Waals surface area contributed by atoms with E-state index in [0.29, 0.717) is 12.4 Å². The molecular formula is C8H8FN3. The number of pyridine rings is 1. The molecule has 0 saturated carbocycles. The molecule has 0 radical (unpaired) electrons. The van der Waals surface area contributed by atoms with Gasteiger partial charge in [-0.15, -0.1) is 0 Å². The van der Waals surface area contributed by atoms with Gasteiger partial charge in [-0.1, -0.05) is 0 Å². The van der Waals surface area contributed by atoms with E-state index in [2.05, 4.69) is 4.98 Å². The smallest absolute Gasteiger partial charge is 0.139 e. The summed E-state index contributed by atoms with van der Waals surface area (Å²) in [6, 6.07) is 3.07. The van der Waals surface area contributed by atoms with Crippen LogP contribution in [0.5, 0.6) is 0 Å². The highest BCUT2D eigenvalue weighted by Crippen LogP contribution is 2.07. The maximum absolute atomic E-state index is 12.7. The molecule has 2 heterocycles. The van der Waals surface area contributed by atoms with Crippen molar-refractivity contribution >= 4 is 5.52 Å². The average Bonchev–Trinajstić information content (AvgIpc) is 2.46. The fraction of sp³-hybridized carbons (Fsp3) is 0.125. The zero-order valence-electron chi connectivity index (χ0n) is 6.37. The van der Waals surface area contributed by atoms with E-state index in [4.69, 9.17) is 5.73 Å². The van der Waals surface area contributed by atoms with Gasteiger partial charge in [0.25, 0.3) is 0 Å². The predicted molar refractivity (Wildman–Crippen MR) is 43.0 cm³/mol. The number of hydrogen-bond donors (Lipinski definition) is 1. The molecule has 0 aliphatic heterocycles. The highest BCUT2D eigenvalue weighted by molar-refractivity contribution is 5.45. The fourth-order valence-corrected chi connectivity index (χ4v) is 1.17. The molecule has 12 heavy (non-hydrogen) atoms. The standard InChI is InChI=1S/C8H8FN3/c9-6-1-2-7-4-11-8(3-10)12(7)5-6/h1-2,4-5H,3,10H2. The first-order valence-electron chi connectivity index (χ1n) is 3.63. The van der Waals surface area contributed by atoms with Crippen LogP contribution < -0.4 is 5.73 Å². The van der Waals surface area contributed by atoms with Crippen LogP contribution >= 0.6 is 0 Å². The molecular weight excluding hydrogens is 157 g/mol. The number of aromatic nitrogens is 2. The Kier molecular flexibility index (Phi) is 1.55. The summed E-state index contributed by atoms with van der Waals surface area (Å²) in [5, 5.41) is 0. The molecule has 0 aliphatic carbocycles. The Morgan fingerprint density at radius 1 is 1.50 bits per heavy atom. The van der Waals surface area contributed by atoms with Gasteiger partial charge in [0.15, 0.2) is 0 Å². The SMILES string of the molecule is NCc1ncc2ccc(F)cn12. The number of rotatable bonds is 1. The van der Waals surface area contributed by atoms with Crippen molar-refractivity contribution in [1.82, 2.24) is 9.38 Å². The van der Waals surface area contributed by atoms with E-state index in [0.717, 1.165) is 5.52 Å². The van der Waals surface area contributed by atoms with Gasteiger partial charge in [-0.2, -0.15) is 0 Å². The van der Waals surface area contributed by atoms with Gasteiger partial charge in [0.1, 0.15) is 11.6 Å². The number of hydrogen-bond acceptors (Lipinski definition) is 2. The zero-order valence-corrected chi connectivity index (χ0v) is 6.37. The van der Waals surface area contributed by atoms with Crippen molar-refractivity contribution in [3.05, 3.63) is 36.2 Å². The average molecular weight is 165 g/mol. The number of nitrogens with zero attached hydrogens (tertiary/aromatic N) is 2. The molecule has 2 aromatic heterocycles. The topological polar surface area (TPSA) is 43.3 Å². The monoisotopic (exact) mass is 165 g/mol. The summed E-state index contributed by atoms with van der Waals surface area (Å²) < 4.78 is 14.4. The van der Waals surface area contributed by atoms with E-state index in [1.807, 2.05) is 0 Å². The van der Waals surface area contributed by atoms with E-state index in [1.54, 1.807) is 16.7 Å². The summed E-state index contributed by atoms with van der Waals surface area (Å²) in [6.07, 6.45) is 3.05. The third-order valence-electron chi connectivity index (χ3n) is 1.75. The van der Waals surface area contributed by atoms with E-state index in [-0.39, 0.29) is 5.82 Å². The van der Waals surface area contributed by atoms with Crippen LogP contribution in [0.4, 0.5) is 4.39 Å². The van der Waals surface area contributed by atoms with Crippen molar-refractivity contribution in [1.29, 1.82) is 0 Å². The van der Waals surface area contributed by atoms with Gasteiger partial charge in [0.2, 0.25) is 0 Å². The Labute approximate surface area is 68.6 Å². The van der Waals surface area contributed by atoms with Crippen LogP contribution in [0.3, 0.4) is 0 Å². The number of halogens is 1. The van der Waals surface area contributed by atoms with Crippen LogP contribution in [0.2, 0.25) is 0 Å². The molecule has 0 unspecified atom stereocenters. The van der Waals surface area contributed by atoms with Gasteiger partial charge < -0.3 is 5.73 Å². The Balaban J connectivity index is 2.75. The fourth-order valence-electron chi connectivity index (χ4n) is 1.17. The summed E-state index contributed by atoms with van der Waals surface area (Å²) in [5.74, 6) is 0.389. The lowest BCUT2D eigenvalue weighted by Gasteiger charge is -1.96. The lowest BCUT2D eigenvalue weighted by atomic mass is 10.4. The molecule has 0 atom stereocenters. The molecule has 2 rings (SSSR count). The van der Waals surface area contributed by atoms with E-state index >= 15 is 0 Å². The predicted octanol–water partition coefficient (Wildman–Crippen LogP) is 0.932. The van der Waals surface area contributed by atoms with Crippen LogP contribution in [-0.4, -0.2) is 9.38 Å². The summed E-state index contributed by atoms with van der Waals surface area (Å²) in [5.41, 5.74) is 6.26. The molecule has 3 nitrogen and oxygen atoms in total. The molecule has 0 bridgehead atoms. The molecule has 0 amide bonds. The Bertz CT molecular complexity index is 408. The molecule has 0 fully saturated rings. The van der Waals surface area contributed by atoms with Crippen molar-refractivity contribution in [2.45, 2.75) is 6.54 Å². The van der Waals surface area contributed by atoms with Gasteiger partial charge in [-0.3, -0.25) is 4.40 Å². The van der Waals surface area contributed by atoms with Crippen molar-refractivity contribution in [3.63, 3.8) is 0 Å². The maximum Gasteiger partial charge on any atom is 0.139 e. The Hall–Kier alpha value is -1.42. The van der Waals surface area contributed by atoms with Crippen molar-refractivity contribution < 1.29 is 4.39 Å². The van der Waals surface area contributed by atoms with Crippen molar-refractivity contribution in [2.24, 2.45) is 5.73 Å². The first kappa shape index (κ1) is 7.24. The molecule has 0 aliphatic rings. The second-order valence-electron chi connectivity index (χ2n) is 2.52. The lowest BCUT2D eigenvalue weighted by Crippen LogP contribution is -2.02. The third kappa shape index (κ3) is 0.967. The van der Waals surface area contributed by atoms with Gasteiger partial charge in [-0.25, -0.2) is 9.37 Å². The first-order chi connectivity index (χ1) is 5.81. The van der Waals surface area contributed by atoms with E-state index in [1.165, 1.54) is 12.3 Å². The number of fused-ring (bicyclic) bond motifs is 1. The van der Waals surface area contributed by atoms with Crippen molar-refractivity contribution in [3.8, 4) is 0 Å². The van der Waals surface area contributed by atoms with E-state index in [9.17, 15) is 4.39 Å². The number of imidazole rings is 1. The highest BCUT2D eigenvalue weighted by Gasteiger charge is 2.00. The van der Waals surface area contributed by atoms with Gasteiger partial charge >= 0.3 is 0 Å². The Morgan fingerprint density at radius 2 is 2.33 bits per heavy atom. The summed E-state index contributed by atoms with van der Waals surface area (Å²) in [4.78, 5) is 4.03. The van der Waals surface area contributed by atoms with E-state index < -0.39 is 0 Å². The minimum Gasteiger partial charge on any atom is -0.324 e. The molecule has 0 aromatic carbocycles. The largest absolute Gasteiger partial charge is 0.324 e. The second kappa shape index (κ2) is 2.57. The normalized spacial score (nSPS) is 10.8. The van der Waals surface area contributed by atoms with Crippen molar-refractivity contribution in [2.75, 3.05) is 0 Å². The van der Waals surface area contributed by atoms with Gasteiger partial charge in [0.05, 0.1) is 18.3 Å². The highest BCUT2D eigenvalue weighted by atomic mass is 19.1. The zero-order chi connectivity index (χ0) is 8.55. The molecule has 2 aromatic rings. The number of nitrogens with two attached hydrogens (primary N) is 1. The molecule has 0 saturated heterocycles. The van der Waals surface area contributed by atoms with Gasteiger partial charge in [0, 0.05) is 6.20 Å². The Morgan fingerprint density at radius 3 is 3.08 bits per heavy atom. The molecule has 62 valence electrons. The third-order valence-corrected chi connectivity index (χ3v) is 1.75. The van der Waals surface area contributed by atoms with Gasteiger partial charge in [-0.05, 0) is 12.1 Å². The van der Waals surface area contributed by atoms with Crippen LogP contribution in [0.15, 0.2) is 24.5 Å². The second-order valence-corrected chi connectivity index (χ2v) is 2.52. The van der Waals surface area contributed by atoms with Crippen LogP contribution in [0, 0.1) is 5.82 Å². The quantitative estimate of drug-likeness (QED) is 0.683. The minimum atomic E-state index is -0.282. The molecule has 4 heteroatoms. The molecule has 0 spiro atoms. The first-order valence-corrected chi connectivity index (χ1v) is 3.63. The van der Waals surface area contributed by atoms with Crippen LogP contribution in [-0.2, 0) is 6.54 Å². The lowest BCUT2D eigenvalue weighted by molar-refractivity contribution is 0.617. The molecule has 2 N–H and O–H groups in total. The van der Waals surface area contributed by atoms with Crippen LogP contribution in [0.25, 0.3) is 5.52 Å². The van der Waals surface area contributed by atoms with Crippen LogP contribution in [0.1, 0.15) is 5.82 Å². The minimum absolute atomic E-state index is 0.282.